The molecule has 2 N–H and O–H groups in total. The molecule has 0 aromatic heterocycles. The summed E-state index contributed by atoms with van der Waals surface area (Å²) in [7, 11) is 1.82. The van der Waals surface area contributed by atoms with Crippen molar-refractivity contribution in [3.8, 4) is 0 Å². The Kier molecular flexibility index (Phi) is 12.1. The van der Waals surface area contributed by atoms with Crippen LogP contribution < -0.4 is 10.6 Å². The molecule has 1 aromatic rings. The van der Waals surface area contributed by atoms with Crippen molar-refractivity contribution in [2.45, 2.75) is 53.8 Å². The summed E-state index contributed by atoms with van der Waals surface area (Å²) in [6.07, 6.45) is 0. The van der Waals surface area contributed by atoms with Gasteiger partial charge in [0.15, 0.2) is 5.96 Å². The van der Waals surface area contributed by atoms with E-state index in [0.29, 0.717) is 12.0 Å². The lowest BCUT2D eigenvalue weighted by molar-refractivity contribution is 0.295. The second-order valence-electron chi connectivity index (χ2n) is 6.33. The Morgan fingerprint density at radius 2 is 1.67 bits per heavy atom. The van der Waals surface area contributed by atoms with Crippen LogP contribution in [0.15, 0.2) is 29.3 Å². The number of halogens is 1. The Labute approximate surface area is 165 Å². The summed E-state index contributed by atoms with van der Waals surface area (Å²) in [6.45, 7) is 15.0. The molecule has 0 aliphatic carbocycles. The van der Waals surface area contributed by atoms with Gasteiger partial charge >= 0.3 is 0 Å². The van der Waals surface area contributed by atoms with Crippen LogP contribution in [0.3, 0.4) is 0 Å². The first-order valence-corrected chi connectivity index (χ1v) is 8.78. The van der Waals surface area contributed by atoms with E-state index in [1.54, 1.807) is 0 Å². The first-order valence-electron chi connectivity index (χ1n) is 8.78. The normalized spacial score (nSPS) is 12.9. The molecule has 0 spiro atoms. The maximum atomic E-state index is 4.33. The Hall–Kier alpha value is -0.820. The van der Waals surface area contributed by atoms with Gasteiger partial charge in [0.25, 0.3) is 0 Å². The zero-order chi connectivity index (χ0) is 17.2. The molecule has 0 fully saturated rings. The molecule has 1 aromatic carbocycles. The first-order chi connectivity index (χ1) is 11.0. The van der Waals surface area contributed by atoms with Gasteiger partial charge in [-0.25, -0.2) is 0 Å². The zero-order valence-corrected chi connectivity index (χ0v) is 18.4. The number of aliphatic imine (C=N–C) groups is 1. The molecule has 24 heavy (non-hydrogen) atoms. The van der Waals surface area contributed by atoms with Crippen LogP contribution in [0.2, 0.25) is 0 Å². The molecule has 1 rings (SSSR count). The van der Waals surface area contributed by atoms with E-state index in [2.05, 4.69) is 79.4 Å². The summed E-state index contributed by atoms with van der Waals surface area (Å²) >= 11 is 0. The third-order valence-corrected chi connectivity index (χ3v) is 4.44. The third-order valence-electron chi connectivity index (χ3n) is 4.44. The monoisotopic (exact) mass is 446 g/mol. The van der Waals surface area contributed by atoms with Crippen LogP contribution in [0.5, 0.6) is 0 Å². The van der Waals surface area contributed by atoms with Gasteiger partial charge in [-0.1, -0.05) is 52.0 Å². The van der Waals surface area contributed by atoms with Crippen LogP contribution in [0, 0.1) is 5.92 Å². The maximum Gasteiger partial charge on any atom is 0.191 e. The summed E-state index contributed by atoms with van der Waals surface area (Å²) in [5.74, 6) is 1.44. The molecule has 1 unspecified atom stereocenters. The molecule has 138 valence electrons. The molecule has 0 bridgehead atoms. The molecule has 1 atom stereocenters. The SMILES string of the molecule is CCN(CC)Cc1ccccc1CNC(=NC)NC(C)C(C)C.I. The minimum Gasteiger partial charge on any atom is -0.354 e. The van der Waals surface area contributed by atoms with Crippen molar-refractivity contribution < 1.29 is 0 Å². The summed E-state index contributed by atoms with van der Waals surface area (Å²) in [5.41, 5.74) is 2.72. The standard InChI is InChI=1S/C19H34N4.HI/c1-7-23(8-2)14-18-12-10-9-11-17(18)13-21-19(20-6)22-16(5)15(3)4;/h9-12,15-16H,7-8,13-14H2,1-6H3,(H2,20,21,22);1H. The number of nitrogens with one attached hydrogen (secondary N) is 2. The zero-order valence-electron chi connectivity index (χ0n) is 16.1. The van der Waals surface area contributed by atoms with Crippen LogP contribution in [0.1, 0.15) is 45.7 Å². The van der Waals surface area contributed by atoms with Gasteiger partial charge in [0.2, 0.25) is 0 Å². The van der Waals surface area contributed by atoms with Gasteiger partial charge in [0.05, 0.1) is 0 Å². The van der Waals surface area contributed by atoms with Crippen molar-refractivity contribution in [1.29, 1.82) is 0 Å². The molecular formula is C19H35IN4. The second-order valence-corrected chi connectivity index (χ2v) is 6.33. The van der Waals surface area contributed by atoms with Crippen LogP contribution in [-0.4, -0.2) is 37.0 Å². The molecule has 0 saturated carbocycles. The molecule has 0 heterocycles. The smallest absolute Gasteiger partial charge is 0.191 e. The average molecular weight is 446 g/mol. The largest absolute Gasteiger partial charge is 0.354 e. The topological polar surface area (TPSA) is 39.7 Å². The van der Waals surface area contributed by atoms with Crippen LogP contribution in [0.4, 0.5) is 0 Å². The fraction of sp³-hybridized carbons (Fsp3) is 0.632. The van der Waals surface area contributed by atoms with E-state index in [9.17, 15) is 0 Å². The number of hydrogen-bond donors (Lipinski definition) is 2. The van der Waals surface area contributed by atoms with Gasteiger partial charge in [-0.15, -0.1) is 24.0 Å². The predicted molar refractivity (Wildman–Crippen MR) is 116 cm³/mol. The van der Waals surface area contributed by atoms with E-state index in [4.69, 9.17) is 0 Å². The molecular weight excluding hydrogens is 411 g/mol. The Morgan fingerprint density at radius 1 is 1.08 bits per heavy atom. The van der Waals surface area contributed by atoms with Crippen molar-refractivity contribution >= 4 is 29.9 Å². The van der Waals surface area contributed by atoms with Gasteiger partial charge in [-0.05, 0) is 37.1 Å². The van der Waals surface area contributed by atoms with Crippen LogP contribution in [0.25, 0.3) is 0 Å². The highest BCUT2D eigenvalue weighted by atomic mass is 127. The summed E-state index contributed by atoms with van der Waals surface area (Å²) in [6, 6.07) is 9.05. The van der Waals surface area contributed by atoms with E-state index >= 15 is 0 Å². The summed E-state index contributed by atoms with van der Waals surface area (Å²) in [4.78, 5) is 6.77. The van der Waals surface area contributed by atoms with Gasteiger partial charge in [-0.3, -0.25) is 9.89 Å². The van der Waals surface area contributed by atoms with Gasteiger partial charge < -0.3 is 10.6 Å². The molecule has 4 nitrogen and oxygen atoms in total. The average Bonchev–Trinajstić information content (AvgIpc) is 2.56. The van der Waals surface area contributed by atoms with E-state index in [1.165, 1.54) is 11.1 Å². The lowest BCUT2D eigenvalue weighted by atomic mass is 10.1. The highest BCUT2D eigenvalue weighted by Crippen LogP contribution is 2.11. The molecule has 0 amide bonds. The first kappa shape index (κ1) is 23.2. The van der Waals surface area contributed by atoms with Gasteiger partial charge in [-0.2, -0.15) is 0 Å². The highest BCUT2D eigenvalue weighted by molar-refractivity contribution is 14.0. The van der Waals surface area contributed by atoms with Crippen molar-refractivity contribution in [1.82, 2.24) is 15.5 Å². The number of rotatable bonds is 8. The quantitative estimate of drug-likeness (QED) is 0.362. The highest BCUT2D eigenvalue weighted by Gasteiger charge is 2.10. The lowest BCUT2D eigenvalue weighted by Gasteiger charge is -2.22. The molecule has 5 heteroatoms. The fourth-order valence-corrected chi connectivity index (χ4v) is 2.33. The number of nitrogens with zero attached hydrogens (tertiary/aromatic N) is 2. The van der Waals surface area contributed by atoms with Crippen molar-refractivity contribution in [3.05, 3.63) is 35.4 Å². The Morgan fingerprint density at radius 3 is 2.17 bits per heavy atom. The van der Waals surface area contributed by atoms with E-state index in [1.807, 2.05) is 7.05 Å². The minimum absolute atomic E-state index is 0. The molecule has 0 aliphatic rings. The predicted octanol–water partition coefficient (Wildman–Crippen LogP) is 3.86. The Bertz CT molecular complexity index is 484. The molecule has 0 saturated heterocycles. The van der Waals surface area contributed by atoms with Crippen LogP contribution >= 0.6 is 24.0 Å². The summed E-state index contributed by atoms with van der Waals surface area (Å²) < 4.78 is 0. The van der Waals surface area contributed by atoms with Crippen molar-refractivity contribution in [2.24, 2.45) is 10.9 Å². The fourth-order valence-electron chi connectivity index (χ4n) is 2.33. The lowest BCUT2D eigenvalue weighted by Crippen LogP contribution is -2.44. The Balaban J connectivity index is 0.00000529. The third kappa shape index (κ3) is 7.83. The minimum atomic E-state index is 0. The van der Waals surface area contributed by atoms with E-state index in [-0.39, 0.29) is 24.0 Å². The number of guanidine groups is 1. The van der Waals surface area contributed by atoms with Crippen LogP contribution in [-0.2, 0) is 13.1 Å². The maximum absolute atomic E-state index is 4.33. The van der Waals surface area contributed by atoms with Gasteiger partial charge in [0, 0.05) is 26.2 Å². The molecule has 0 aliphatic heterocycles. The molecule has 0 radical (unpaired) electrons. The van der Waals surface area contributed by atoms with Gasteiger partial charge in [0.1, 0.15) is 0 Å². The number of benzene rings is 1. The van der Waals surface area contributed by atoms with Crippen molar-refractivity contribution in [3.63, 3.8) is 0 Å². The summed E-state index contributed by atoms with van der Waals surface area (Å²) in [5, 5.41) is 6.89. The van der Waals surface area contributed by atoms with E-state index < -0.39 is 0 Å². The van der Waals surface area contributed by atoms with Crippen molar-refractivity contribution in [2.75, 3.05) is 20.1 Å². The second kappa shape index (κ2) is 12.5. The number of hydrogen-bond acceptors (Lipinski definition) is 2. The van der Waals surface area contributed by atoms with E-state index in [0.717, 1.165) is 32.1 Å².